The fourth-order valence-corrected chi connectivity index (χ4v) is 2.78. The predicted molar refractivity (Wildman–Crippen MR) is 82.2 cm³/mol. The van der Waals surface area contributed by atoms with Crippen molar-refractivity contribution in [3.63, 3.8) is 0 Å². The monoisotopic (exact) mass is 277 g/mol. The van der Waals surface area contributed by atoms with Gasteiger partial charge in [-0.3, -0.25) is 0 Å². The second-order valence-electron chi connectivity index (χ2n) is 5.87. The fourth-order valence-electron chi connectivity index (χ4n) is 2.78. The predicted octanol–water partition coefficient (Wildman–Crippen LogP) is 3.35. The zero-order chi connectivity index (χ0) is 14.5. The molecular weight excluding hydrogens is 250 g/mol. The zero-order valence-electron chi connectivity index (χ0n) is 12.9. The lowest BCUT2D eigenvalue weighted by Crippen LogP contribution is -2.27. The van der Waals surface area contributed by atoms with Gasteiger partial charge in [0.05, 0.1) is 6.10 Å². The maximum absolute atomic E-state index is 9.95. The van der Waals surface area contributed by atoms with Crippen molar-refractivity contribution in [3.8, 4) is 5.75 Å². The van der Waals surface area contributed by atoms with Crippen molar-refractivity contribution in [2.75, 3.05) is 6.54 Å². The van der Waals surface area contributed by atoms with Crippen LogP contribution in [0.15, 0.2) is 18.2 Å². The van der Waals surface area contributed by atoms with Crippen LogP contribution < -0.4 is 10.1 Å². The van der Waals surface area contributed by atoms with Crippen molar-refractivity contribution >= 4 is 0 Å². The third-order valence-electron chi connectivity index (χ3n) is 4.03. The highest BCUT2D eigenvalue weighted by atomic mass is 16.5. The summed E-state index contributed by atoms with van der Waals surface area (Å²) < 4.78 is 6.11. The lowest BCUT2D eigenvalue weighted by molar-refractivity contribution is 0.0594. The molecular formula is C17H27NO2. The highest BCUT2D eigenvalue weighted by molar-refractivity contribution is 5.39. The molecule has 20 heavy (non-hydrogen) atoms. The van der Waals surface area contributed by atoms with Gasteiger partial charge in [0.2, 0.25) is 0 Å². The molecule has 0 aromatic heterocycles. The molecule has 1 saturated carbocycles. The van der Waals surface area contributed by atoms with E-state index in [9.17, 15) is 5.11 Å². The SMILES string of the molecule is CCCNC(C)c1ccc(C)cc1OC1CCCC1O. The highest BCUT2D eigenvalue weighted by Gasteiger charge is 2.28. The lowest BCUT2D eigenvalue weighted by atomic mass is 10.0. The van der Waals surface area contributed by atoms with Gasteiger partial charge in [0.1, 0.15) is 11.9 Å². The number of hydrogen-bond donors (Lipinski definition) is 2. The Labute approximate surface area is 122 Å². The maximum atomic E-state index is 9.95. The Bertz CT molecular complexity index is 433. The summed E-state index contributed by atoms with van der Waals surface area (Å²) >= 11 is 0. The topological polar surface area (TPSA) is 41.5 Å². The molecule has 0 saturated heterocycles. The molecule has 0 spiro atoms. The number of rotatable bonds is 6. The van der Waals surface area contributed by atoms with E-state index in [1.807, 2.05) is 0 Å². The van der Waals surface area contributed by atoms with Crippen molar-refractivity contribution < 1.29 is 9.84 Å². The Hall–Kier alpha value is -1.06. The first-order chi connectivity index (χ1) is 9.61. The normalized spacial score (nSPS) is 23.8. The molecule has 1 aromatic rings. The standard InChI is InChI=1S/C17H27NO2/c1-4-10-18-13(3)14-9-8-12(2)11-17(14)20-16-7-5-6-15(16)19/h8-9,11,13,15-16,18-19H,4-7,10H2,1-3H3. The third kappa shape index (κ3) is 3.74. The largest absolute Gasteiger partial charge is 0.487 e. The lowest BCUT2D eigenvalue weighted by Gasteiger charge is -2.23. The Kier molecular flexibility index (Phi) is 5.44. The van der Waals surface area contributed by atoms with Crippen LogP contribution in [-0.2, 0) is 0 Å². The second-order valence-corrected chi connectivity index (χ2v) is 5.87. The van der Waals surface area contributed by atoms with Crippen LogP contribution >= 0.6 is 0 Å². The van der Waals surface area contributed by atoms with E-state index in [1.54, 1.807) is 0 Å². The number of benzene rings is 1. The van der Waals surface area contributed by atoms with Gasteiger partial charge in [0.25, 0.3) is 0 Å². The van der Waals surface area contributed by atoms with Crippen molar-refractivity contribution in [2.24, 2.45) is 0 Å². The fraction of sp³-hybridized carbons (Fsp3) is 0.647. The summed E-state index contributed by atoms with van der Waals surface area (Å²) in [5.74, 6) is 0.923. The first-order valence-corrected chi connectivity index (χ1v) is 7.80. The summed E-state index contributed by atoms with van der Waals surface area (Å²) in [7, 11) is 0. The molecule has 2 rings (SSSR count). The van der Waals surface area contributed by atoms with Crippen LogP contribution in [0.4, 0.5) is 0 Å². The van der Waals surface area contributed by atoms with Gasteiger partial charge in [-0.15, -0.1) is 0 Å². The van der Waals surface area contributed by atoms with E-state index in [0.29, 0.717) is 0 Å². The van der Waals surface area contributed by atoms with Gasteiger partial charge < -0.3 is 15.2 Å². The van der Waals surface area contributed by atoms with Gasteiger partial charge in [-0.2, -0.15) is 0 Å². The summed E-state index contributed by atoms with van der Waals surface area (Å²) in [6.45, 7) is 7.41. The first kappa shape index (κ1) is 15.3. The van der Waals surface area contributed by atoms with Crippen LogP contribution in [0.5, 0.6) is 5.75 Å². The molecule has 1 aliphatic rings. The molecule has 112 valence electrons. The van der Waals surface area contributed by atoms with Gasteiger partial charge in [-0.05, 0) is 57.7 Å². The van der Waals surface area contributed by atoms with Crippen molar-refractivity contribution in [2.45, 2.75) is 64.7 Å². The van der Waals surface area contributed by atoms with E-state index >= 15 is 0 Å². The quantitative estimate of drug-likeness (QED) is 0.838. The summed E-state index contributed by atoms with van der Waals surface area (Å²) in [6, 6.07) is 6.62. The van der Waals surface area contributed by atoms with E-state index < -0.39 is 0 Å². The first-order valence-electron chi connectivity index (χ1n) is 7.80. The zero-order valence-corrected chi connectivity index (χ0v) is 12.9. The van der Waals surface area contributed by atoms with Gasteiger partial charge >= 0.3 is 0 Å². The minimum atomic E-state index is -0.317. The molecule has 0 radical (unpaired) electrons. The van der Waals surface area contributed by atoms with Gasteiger partial charge in [0.15, 0.2) is 0 Å². The number of ether oxygens (including phenoxy) is 1. The average molecular weight is 277 g/mol. The van der Waals surface area contributed by atoms with Crippen LogP contribution in [0.1, 0.15) is 56.7 Å². The van der Waals surface area contributed by atoms with Crippen LogP contribution in [0, 0.1) is 6.92 Å². The minimum absolute atomic E-state index is 0.0473. The summed E-state index contributed by atoms with van der Waals surface area (Å²) in [6.07, 6.45) is 3.61. The molecule has 3 atom stereocenters. The van der Waals surface area contributed by atoms with E-state index in [0.717, 1.165) is 38.0 Å². The van der Waals surface area contributed by atoms with E-state index in [2.05, 4.69) is 44.3 Å². The molecule has 1 aromatic carbocycles. The smallest absolute Gasteiger partial charge is 0.124 e. The minimum Gasteiger partial charge on any atom is -0.487 e. The molecule has 1 aliphatic carbocycles. The summed E-state index contributed by atoms with van der Waals surface area (Å²) in [4.78, 5) is 0. The molecule has 0 amide bonds. The van der Waals surface area contributed by atoms with Crippen LogP contribution in [0.3, 0.4) is 0 Å². The van der Waals surface area contributed by atoms with Gasteiger partial charge in [0, 0.05) is 11.6 Å². The van der Waals surface area contributed by atoms with Gasteiger partial charge in [-0.1, -0.05) is 19.1 Å². The van der Waals surface area contributed by atoms with Crippen molar-refractivity contribution in [1.29, 1.82) is 0 Å². The molecule has 0 aliphatic heterocycles. The number of aryl methyl sites for hydroxylation is 1. The third-order valence-corrected chi connectivity index (χ3v) is 4.03. The molecule has 1 fully saturated rings. The Morgan fingerprint density at radius 1 is 1.40 bits per heavy atom. The molecule has 3 heteroatoms. The number of aliphatic hydroxyl groups is 1. The molecule has 2 N–H and O–H groups in total. The molecule has 3 unspecified atom stereocenters. The maximum Gasteiger partial charge on any atom is 0.124 e. The van der Waals surface area contributed by atoms with Crippen LogP contribution in [0.25, 0.3) is 0 Å². The Morgan fingerprint density at radius 2 is 2.20 bits per heavy atom. The van der Waals surface area contributed by atoms with E-state index in [4.69, 9.17) is 4.74 Å². The summed E-state index contributed by atoms with van der Waals surface area (Å²) in [5, 5.41) is 13.5. The Morgan fingerprint density at radius 3 is 2.85 bits per heavy atom. The van der Waals surface area contributed by atoms with Crippen molar-refractivity contribution in [1.82, 2.24) is 5.32 Å². The molecule has 3 nitrogen and oxygen atoms in total. The number of aliphatic hydroxyl groups excluding tert-OH is 1. The van der Waals surface area contributed by atoms with Crippen LogP contribution in [-0.4, -0.2) is 23.9 Å². The van der Waals surface area contributed by atoms with Gasteiger partial charge in [-0.25, -0.2) is 0 Å². The van der Waals surface area contributed by atoms with E-state index in [-0.39, 0.29) is 18.2 Å². The molecule has 0 bridgehead atoms. The number of hydrogen-bond acceptors (Lipinski definition) is 3. The molecule has 0 heterocycles. The van der Waals surface area contributed by atoms with Crippen LogP contribution in [0.2, 0.25) is 0 Å². The second kappa shape index (κ2) is 7.09. The Balaban J connectivity index is 2.14. The highest BCUT2D eigenvalue weighted by Crippen LogP contribution is 2.31. The summed E-state index contributed by atoms with van der Waals surface area (Å²) in [5.41, 5.74) is 2.38. The van der Waals surface area contributed by atoms with E-state index in [1.165, 1.54) is 11.1 Å². The van der Waals surface area contributed by atoms with Crippen molar-refractivity contribution in [3.05, 3.63) is 29.3 Å². The number of nitrogens with one attached hydrogen (secondary N) is 1. The average Bonchev–Trinajstić information content (AvgIpc) is 2.82.